The maximum atomic E-state index is 13.4. The van der Waals surface area contributed by atoms with Crippen LogP contribution in [0.3, 0.4) is 0 Å². The molecular weight excluding hydrogens is 308 g/mol. The molecule has 1 unspecified atom stereocenters. The highest BCUT2D eigenvalue weighted by atomic mass is 16.2. The van der Waals surface area contributed by atoms with E-state index in [0.29, 0.717) is 11.9 Å². The number of hydrogen-bond donors (Lipinski definition) is 1. The van der Waals surface area contributed by atoms with Crippen molar-refractivity contribution in [1.29, 1.82) is 0 Å². The van der Waals surface area contributed by atoms with Gasteiger partial charge in [0.1, 0.15) is 0 Å². The van der Waals surface area contributed by atoms with Crippen molar-refractivity contribution in [3.8, 4) is 0 Å². The smallest absolute Gasteiger partial charge is 0.226 e. The Kier molecular flexibility index (Phi) is 4.15. The van der Waals surface area contributed by atoms with Crippen LogP contribution in [-0.2, 0) is 4.79 Å². The second-order valence-corrected chi connectivity index (χ2v) is 10.3. The Hall–Kier alpha value is -0.570. The molecule has 2 saturated heterocycles. The number of amides is 1. The fraction of sp³-hybridized carbons (Fsp3) is 0.955. The number of hydrogen-bond acceptors (Lipinski definition) is 2. The summed E-state index contributed by atoms with van der Waals surface area (Å²) >= 11 is 0. The molecular formula is C22H36N2O. The first kappa shape index (κ1) is 16.6. The lowest BCUT2D eigenvalue weighted by Crippen LogP contribution is -2.60. The van der Waals surface area contributed by atoms with E-state index in [0.717, 1.165) is 29.8 Å². The first-order valence-electron chi connectivity index (χ1n) is 11.2. The van der Waals surface area contributed by atoms with Crippen LogP contribution < -0.4 is 5.32 Å². The zero-order chi connectivity index (χ0) is 17.0. The zero-order valence-corrected chi connectivity index (χ0v) is 16.0. The van der Waals surface area contributed by atoms with Gasteiger partial charge in [0.15, 0.2) is 0 Å². The van der Waals surface area contributed by atoms with Crippen molar-refractivity contribution in [3.63, 3.8) is 0 Å². The standard InChI is InChI=1S/C22H36N2O/c1-2-6-24-19-4-3-5-20(24)11-18(10-19)23-21(25)22-12-15-7-16(13-22)9-17(8-15)14-22/h15-20H,2-14H2,1H3,(H,23,25)/t15?,16?,17?,18?,19-,20+,22?. The van der Waals surface area contributed by atoms with E-state index >= 15 is 0 Å². The summed E-state index contributed by atoms with van der Waals surface area (Å²) in [4.78, 5) is 16.1. The summed E-state index contributed by atoms with van der Waals surface area (Å²) in [5.74, 6) is 3.05. The number of carbonyl (C=O) groups is 1. The molecule has 4 saturated carbocycles. The highest BCUT2D eigenvalue weighted by Crippen LogP contribution is 2.60. The lowest BCUT2D eigenvalue weighted by atomic mass is 9.49. The fourth-order valence-corrected chi connectivity index (χ4v) is 7.95. The highest BCUT2D eigenvalue weighted by molar-refractivity contribution is 5.83. The van der Waals surface area contributed by atoms with Gasteiger partial charge in [0.2, 0.25) is 5.91 Å². The molecule has 1 N–H and O–H groups in total. The van der Waals surface area contributed by atoms with Gasteiger partial charge in [0.25, 0.3) is 0 Å². The minimum absolute atomic E-state index is 0.0322. The van der Waals surface area contributed by atoms with Crippen LogP contribution in [0.25, 0.3) is 0 Å². The van der Waals surface area contributed by atoms with E-state index in [4.69, 9.17) is 0 Å². The van der Waals surface area contributed by atoms with Crippen molar-refractivity contribution in [2.75, 3.05) is 6.54 Å². The van der Waals surface area contributed by atoms with Crippen molar-refractivity contribution in [3.05, 3.63) is 0 Å². The second-order valence-electron chi connectivity index (χ2n) is 10.3. The summed E-state index contributed by atoms with van der Waals surface area (Å²) in [7, 11) is 0. The van der Waals surface area contributed by atoms with Gasteiger partial charge in [0, 0.05) is 23.5 Å². The Morgan fingerprint density at radius 1 is 0.960 bits per heavy atom. The molecule has 0 aromatic rings. The topological polar surface area (TPSA) is 32.3 Å². The third-order valence-corrected chi connectivity index (χ3v) is 8.46. The number of nitrogens with zero attached hydrogens (tertiary/aromatic N) is 1. The maximum Gasteiger partial charge on any atom is 0.226 e. The predicted octanol–water partition coefficient (Wildman–Crippen LogP) is 4.11. The van der Waals surface area contributed by atoms with E-state index in [-0.39, 0.29) is 5.41 Å². The van der Waals surface area contributed by atoms with E-state index < -0.39 is 0 Å². The number of piperidine rings is 2. The molecule has 2 heterocycles. The molecule has 0 spiro atoms. The second kappa shape index (κ2) is 6.25. The Labute approximate surface area is 153 Å². The lowest BCUT2D eigenvalue weighted by molar-refractivity contribution is -0.147. The van der Waals surface area contributed by atoms with Crippen molar-refractivity contribution >= 4 is 5.91 Å². The van der Waals surface area contributed by atoms with Gasteiger partial charge < -0.3 is 5.32 Å². The third kappa shape index (κ3) is 2.85. The Bertz CT molecular complexity index is 481. The Morgan fingerprint density at radius 2 is 1.52 bits per heavy atom. The molecule has 2 aliphatic heterocycles. The van der Waals surface area contributed by atoms with Gasteiger partial charge in [-0.1, -0.05) is 13.3 Å². The van der Waals surface area contributed by atoms with Crippen molar-refractivity contribution < 1.29 is 4.79 Å². The first-order chi connectivity index (χ1) is 12.1. The van der Waals surface area contributed by atoms with Crippen LogP contribution in [0.5, 0.6) is 0 Å². The molecule has 6 aliphatic rings. The predicted molar refractivity (Wildman–Crippen MR) is 100 cm³/mol. The molecule has 25 heavy (non-hydrogen) atoms. The Morgan fingerprint density at radius 3 is 2.04 bits per heavy atom. The molecule has 6 bridgehead atoms. The number of nitrogens with one attached hydrogen (secondary N) is 1. The zero-order valence-electron chi connectivity index (χ0n) is 16.0. The first-order valence-corrected chi connectivity index (χ1v) is 11.2. The van der Waals surface area contributed by atoms with Crippen LogP contribution in [0.4, 0.5) is 0 Å². The molecule has 3 nitrogen and oxygen atoms in total. The SMILES string of the molecule is CCCN1[C@@H]2CCC[C@H]1CC(NC(=O)C13CC4CC(CC(C4)C1)C3)C2. The van der Waals surface area contributed by atoms with Crippen LogP contribution in [0, 0.1) is 23.2 Å². The van der Waals surface area contributed by atoms with Crippen LogP contribution in [0.1, 0.15) is 84.0 Å². The minimum Gasteiger partial charge on any atom is -0.353 e. The van der Waals surface area contributed by atoms with Gasteiger partial charge in [-0.3, -0.25) is 9.69 Å². The molecule has 6 fully saturated rings. The van der Waals surface area contributed by atoms with E-state index in [1.807, 2.05) is 0 Å². The Balaban J connectivity index is 1.26. The molecule has 3 heteroatoms. The van der Waals surface area contributed by atoms with Gasteiger partial charge in [0.05, 0.1) is 0 Å². The molecule has 3 atom stereocenters. The molecule has 0 aromatic heterocycles. The molecule has 6 rings (SSSR count). The number of rotatable bonds is 4. The molecule has 0 radical (unpaired) electrons. The van der Waals surface area contributed by atoms with Crippen LogP contribution in [-0.4, -0.2) is 35.5 Å². The van der Waals surface area contributed by atoms with Crippen LogP contribution in [0.2, 0.25) is 0 Å². The number of carbonyl (C=O) groups excluding carboxylic acids is 1. The largest absolute Gasteiger partial charge is 0.353 e. The van der Waals surface area contributed by atoms with Gasteiger partial charge in [-0.15, -0.1) is 0 Å². The highest BCUT2D eigenvalue weighted by Gasteiger charge is 2.55. The summed E-state index contributed by atoms with van der Waals surface area (Å²) in [6.07, 6.45) is 15.6. The molecule has 0 aromatic carbocycles. The van der Waals surface area contributed by atoms with Crippen molar-refractivity contribution in [2.24, 2.45) is 23.2 Å². The van der Waals surface area contributed by atoms with Gasteiger partial charge in [-0.2, -0.15) is 0 Å². The molecule has 4 aliphatic carbocycles. The summed E-state index contributed by atoms with van der Waals surface area (Å²) in [5.41, 5.74) is 0.0322. The number of fused-ring (bicyclic) bond motifs is 2. The summed E-state index contributed by atoms with van der Waals surface area (Å²) in [5, 5.41) is 3.60. The van der Waals surface area contributed by atoms with Gasteiger partial charge in [-0.05, 0) is 94.9 Å². The molecule has 140 valence electrons. The van der Waals surface area contributed by atoms with E-state index in [1.165, 1.54) is 83.6 Å². The molecule has 1 amide bonds. The minimum atomic E-state index is 0.0322. The van der Waals surface area contributed by atoms with E-state index in [9.17, 15) is 4.79 Å². The maximum absolute atomic E-state index is 13.4. The summed E-state index contributed by atoms with van der Waals surface area (Å²) in [6.45, 7) is 3.56. The average Bonchev–Trinajstić information content (AvgIpc) is 2.54. The normalized spacial score (nSPS) is 48.5. The van der Waals surface area contributed by atoms with Crippen molar-refractivity contribution in [2.45, 2.75) is 102 Å². The van der Waals surface area contributed by atoms with Gasteiger partial charge in [-0.25, -0.2) is 0 Å². The average molecular weight is 345 g/mol. The monoisotopic (exact) mass is 344 g/mol. The van der Waals surface area contributed by atoms with Crippen molar-refractivity contribution in [1.82, 2.24) is 10.2 Å². The quantitative estimate of drug-likeness (QED) is 0.832. The van der Waals surface area contributed by atoms with E-state index in [1.54, 1.807) is 0 Å². The van der Waals surface area contributed by atoms with Gasteiger partial charge >= 0.3 is 0 Å². The van der Waals surface area contributed by atoms with Crippen LogP contribution >= 0.6 is 0 Å². The lowest BCUT2D eigenvalue weighted by Gasteiger charge is -2.56. The van der Waals surface area contributed by atoms with Crippen LogP contribution in [0.15, 0.2) is 0 Å². The fourth-order valence-electron chi connectivity index (χ4n) is 7.95. The third-order valence-electron chi connectivity index (χ3n) is 8.46. The summed E-state index contributed by atoms with van der Waals surface area (Å²) in [6, 6.07) is 1.91. The van der Waals surface area contributed by atoms with E-state index in [2.05, 4.69) is 17.1 Å². The summed E-state index contributed by atoms with van der Waals surface area (Å²) < 4.78 is 0.